The van der Waals surface area contributed by atoms with Crippen LogP contribution in [0.2, 0.25) is 0 Å². The van der Waals surface area contributed by atoms with Gasteiger partial charge in [0, 0.05) is 5.92 Å². The van der Waals surface area contributed by atoms with Gasteiger partial charge in [-0.2, -0.15) is 4.98 Å². The predicted molar refractivity (Wildman–Crippen MR) is 49.1 cm³/mol. The maximum Gasteiger partial charge on any atom is 0.229 e. The minimum Gasteiger partial charge on any atom is -0.339 e. The first kappa shape index (κ1) is 11.1. The van der Waals surface area contributed by atoms with Crippen molar-refractivity contribution in [2.24, 2.45) is 0 Å². The van der Waals surface area contributed by atoms with Crippen LogP contribution in [0.15, 0.2) is 4.52 Å². The Morgan fingerprint density at radius 2 is 2.00 bits per heavy atom. The third-order valence-corrected chi connectivity index (χ3v) is 1.58. The molecule has 1 aromatic heterocycles. The van der Waals surface area contributed by atoms with E-state index in [9.17, 15) is 0 Å². The van der Waals surface area contributed by atoms with Crippen molar-refractivity contribution in [3.8, 4) is 0 Å². The molecule has 0 aliphatic heterocycles. The number of hydrogen-bond acceptors (Lipinski definition) is 3. The molecule has 0 radical (unpaired) electrons. The van der Waals surface area contributed by atoms with Crippen LogP contribution in [0.3, 0.4) is 0 Å². The highest BCUT2D eigenvalue weighted by molar-refractivity contribution is 4.89. The Hall–Kier alpha value is -0.860. The number of hydrogen-bond donors (Lipinski definition) is 0. The van der Waals surface area contributed by atoms with Gasteiger partial charge in [-0.3, -0.25) is 0 Å². The van der Waals surface area contributed by atoms with Crippen LogP contribution in [0.1, 0.15) is 51.7 Å². The van der Waals surface area contributed by atoms with Gasteiger partial charge in [-0.25, -0.2) is 0 Å². The molecule has 1 heterocycles. The van der Waals surface area contributed by atoms with E-state index in [0.717, 1.165) is 18.1 Å². The average Bonchev–Trinajstić information content (AvgIpc) is 2.54. The van der Waals surface area contributed by atoms with E-state index in [1.165, 1.54) is 0 Å². The average molecular weight is 170 g/mol. The molecule has 1 unspecified atom stereocenters. The lowest BCUT2D eigenvalue weighted by atomic mass is 10.1. The quantitative estimate of drug-likeness (QED) is 0.685. The molecule has 0 fully saturated rings. The Morgan fingerprint density at radius 3 is 2.33 bits per heavy atom. The summed E-state index contributed by atoms with van der Waals surface area (Å²) in [6.45, 7) is 10.0. The number of rotatable bonds is 2. The number of aromatic nitrogens is 2. The molecule has 0 N–H and O–H groups in total. The van der Waals surface area contributed by atoms with Gasteiger partial charge in [-0.05, 0) is 13.3 Å². The van der Waals surface area contributed by atoms with E-state index in [0.29, 0.717) is 5.92 Å². The van der Waals surface area contributed by atoms with Crippen LogP contribution >= 0.6 is 0 Å². The molecule has 0 aliphatic rings. The molecule has 0 saturated heterocycles. The van der Waals surface area contributed by atoms with Gasteiger partial charge in [0.05, 0.1) is 0 Å². The molecule has 0 saturated carbocycles. The van der Waals surface area contributed by atoms with Crippen molar-refractivity contribution in [1.82, 2.24) is 10.1 Å². The zero-order chi connectivity index (χ0) is 9.56. The van der Waals surface area contributed by atoms with E-state index in [1.54, 1.807) is 0 Å². The van der Waals surface area contributed by atoms with Gasteiger partial charge in [0.25, 0.3) is 0 Å². The highest BCUT2D eigenvalue weighted by Gasteiger charge is 2.09. The summed E-state index contributed by atoms with van der Waals surface area (Å²) >= 11 is 0. The number of nitrogens with zero attached hydrogens (tertiary/aromatic N) is 2. The van der Waals surface area contributed by atoms with Crippen LogP contribution in [0.25, 0.3) is 0 Å². The summed E-state index contributed by atoms with van der Waals surface area (Å²) in [4.78, 5) is 4.10. The smallest absolute Gasteiger partial charge is 0.229 e. The molecule has 1 aromatic rings. The van der Waals surface area contributed by atoms with E-state index in [4.69, 9.17) is 4.52 Å². The summed E-state index contributed by atoms with van der Waals surface area (Å²) in [7, 11) is 0. The van der Waals surface area contributed by atoms with Crippen molar-refractivity contribution in [1.29, 1.82) is 0 Å². The molecule has 70 valence electrons. The van der Waals surface area contributed by atoms with Crippen molar-refractivity contribution in [2.45, 2.75) is 47.0 Å². The van der Waals surface area contributed by atoms with Crippen molar-refractivity contribution < 1.29 is 4.52 Å². The molecule has 3 nitrogen and oxygen atoms in total. The Bertz CT molecular complexity index is 208. The third-order valence-electron chi connectivity index (χ3n) is 1.58. The lowest BCUT2D eigenvalue weighted by Gasteiger charge is -1.97. The number of aryl methyl sites for hydroxylation is 1. The fraction of sp³-hybridized carbons (Fsp3) is 0.778. The van der Waals surface area contributed by atoms with Crippen LogP contribution in [0.5, 0.6) is 0 Å². The zero-order valence-electron chi connectivity index (χ0n) is 8.59. The van der Waals surface area contributed by atoms with Crippen LogP contribution in [-0.2, 0) is 0 Å². The second kappa shape index (κ2) is 5.75. The Labute approximate surface area is 74.2 Å². The lowest BCUT2D eigenvalue weighted by molar-refractivity contribution is 0.354. The second-order valence-corrected chi connectivity index (χ2v) is 2.49. The molecule has 1 rings (SSSR count). The Balaban J connectivity index is 0.000000561. The molecule has 12 heavy (non-hydrogen) atoms. The molecular weight excluding hydrogens is 152 g/mol. The zero-order valence-corrected chi connectivity index (χ0v) is 8.59. The normalized spacial score (nSPS) is 11.8. The first-order valence-corrected chi connectivity index (χ1v) is 4.54. The summed E-state index contributed by atoms with van der Waals surface area (Å²) in [5.41, 5.74) is 0. The van der Waals surface area contributed by atoms with E-state index >= 15 is 0 Å². The van der Waals surface area contributed by atoms with Crippen molar-refractivity contribution >= 4 is 0 Å². The Morgan fingerprint density at radius 1 is 1.42 bits per heavy atom. The topological polar surface area (TPSA) is 38.9 Å². The van der Waals surface area contributed by atoms with E-state index in [2.05, 4.69) is 24.0 Å². The van der Waals surface area contributed by atoms with Crippen molar-refractivity contribution in [3.05, 3.63) is 11.7 Å². The monoisotopic (exact) mass is 170 g/mol. The van der Waals surface area contributed by atoms with Gasteiger partial charge in [-0.1, -0.05) is 32.9 Å². The summed E-state index contributed by atoms with van der Waals surface area (Å²) in [5.74, 6) is 1.86. The molecule has 0 aliphatic carbocycles. The third kappa shape index (κ3) is 3.03. The molecular formula is C9H18N2O. The molecule has 1 atom stereocenters. The van der Waals surface area contributed by atoms with Crippen molar-refractivity contribution in [3.63, 3.8) is 0 Å². The molecule has 0 amide bonds. The maximum atomic E-state index is 4.96. The van der Waals surface area contributed by atoms with Gasteiger partial charge in [0.2, 0.25) is 5.89 Å². The summed E-state index contributed by atoms with van der Waals surface area (Å²) < 4.78 is 4.96. The lowest BCUT2D eigenvalue weighted by Crippen LogP contribution is -1.90. The molecule has 0 aromatic carbocycles. The first-order valence-electron chi connectivity index (χ1n) is 4.54. The van der Waals surface area contributed by atoms with Crippen LogP contribution in [0, 0.1) is 6.92 Å². The van der Waals surface area contributed by atoms with Crippen LogP contribution < -0.4 is 0 Å². The summed E-state index contributed by atoms with van der Waals surface area (Å²) in [6, 6.07) is 0. The van der Waals surface area contributed by atoms with Gasteiger partial charge in [0.1, 0.15) is 0 Å². The minimum absolute atomic E-state index is 0.390. The molecule has 3 heteroatoms. The van der Waals surface area contributed by atoms with E-state index < -0.39 is 0 Å². The summed E-state index contributed by atoms with van der Waals surface area (Å²) in [6.07, 6.45) is 1.04. The Kier molecular flexibility index (Phi) is 5.34. The van der Waals surface area contributed by atoms with Crippen LogP contribution in [0.4, 0.5) is 0 Å². The first-order chi connectivity index (χ1) is 5.74. The van der Waals surface area contributed by atoms with Gasteiger partial charge in [0.15, 0.2) is 5.82 Å². The predicted octanol–water partition coefficient (Wildman–Crippen LogP) is 2.92. The SMILES string of the molecule is CC.CCC(C)c1nc(C)no1. The van der Waals surface area contributed by atoms with E-state index in [1.807, 2.05) is 20.8 Å². The van der Waals surface area contributed by atoms with Gasteiger partial charge >= 0.3 is 0 Å². The van der Waals surface area contributed by atoms with Crippen LogP contribution in [-0.4, -0.2) is 10.1 Å². The second-order valence-electron chi connectivity index (χ2n) is 2.49. The minimum atomic E-state index is 0.390. The van der Waals surface area contributed by atoms with E-state index in [-0.39, 0.29) is 0 Å². The fourth-order valence-electron chi connectivity index (χ4n) is 0.688. The standard InChI is InChI=1S/C7H12N2O.C2H6/c1-4-5(2)7-8-6(3)9-10-7;1-2/h5H,4H2,1-3H3;1-2H3. The molecule has 0 spiro atoms. The largest absolute Gasteiger partial charge is 0.339 e. The highest BCUT2D eigenvalue weighted by Crippen LogP contribution is 2.15. The molecule has 0 bridgehead atoms. The summed E-state index contributed by atoms with van der Waals surface area (Å²) in [5, 5.41) is 3.70. The fourth-order valence-corrected chi connectivity index (χ4v) is 0.688. The van der Waals surface area contributed by atoms with Gasteiger partial charge < -0.3 is 4.52 Å². The maximum absolute atomic E-state index is 4.96. The van der Waals surface area contributed by atoms with Crippen molar-refractivity contribution in [2.75, 3.05) is 0 Å². The van der Waals surface area contributed by atoms with Gasteiger partial charge in [-0.15, -0.1) is 0 Å². The highest BCUT2D eigenvalue weighted by atomic mass is 16.5.